The van der Waals surface area contributed by atoms with Crippen LogP contribution in [-0.2, 0) is 4.79 Å². The van der Waals surface area contributed by atoms with Gasteiger partial charge in [0.05, 0.1) is 0 Å². The van der Waals surface area contributed by atoms with Crippen molar-refractivity contribution in [2.45, 2.75) is 58.0 Å². The number of likely N-dealkylation sites (N-methyl/N-ethyl adjacent to an activating group) is 1. The highest BCUT2D eigenvalue weighted by Crippen LogP contribution is 2.23. The van der Waals surface area contributed by atoms with E-state index in [9.17, 15) is 9.59 Å². The average molecular weight is 299 g/mol. The summed E-state index contributed by atoms with van der Waals surface area (Å²) in [6.45, 7) is 5.39. The van der Waals surface area contributed by atoms with Gasteiger partial charge in [0, 0.05) is 25.2 Å². The van der Waals surface area contributed by atoms with Crippen LogP contribution in [0.5, 0.6) is 0 Å². The normalized spacial score (nSPS) is 17.0. The Morgan fingerprint density at radius 1 is 1.33 bits per heavy atom. The van der Waals surface area contributed by atoms with Crippen LogP contribution in [0.25, 0.3) is 0 Å². The largest absolute Gasteiger partial charge is 0.480 e. The van der Waals surface area contributed by atoms with Gasteiger partial charge in [0.2, 0.25) is 0 Å². The van der Waals surface area contributed by atoms with Gasteiger partial charge in [-0.2, -0.15) is 0 Å². The molecule has 0 aromatic rings. The number of carboxylic acids is 1. The van der Waals surface area contributed by atoms with E-state index in [1.165, 1.54) is 4.90 Å². The van der Waals surface area contributed by atoms with Gasteiger partial charge in [0.15, 0.2) is 0 Å². The molecule has 0 aromatic carbocycles. The predicted octanol–water partition coefficient (Wildman–Crippen LogP) is 1.76. The molecule has 0 spiro atoms. The van der Waals surface area contributed by atoms with Gasteiger partial charge in [0.25, 0.3) is 0 Å². The summed E-state index contributed by atoms with van der Waals surface area (Å²) < 4.78 is 0. The van der Waals surface area contributed by atoms with E-state index < -0.39 is 5.97 Å². The Morgan fingerprint density at radius 3 is 2.48 bits per heavy atom. The van der Waals surface area contributed by atoms with E-state index >= 15 is 0 Å². The molecule has 0 saturated heterocycles. The van der Waals surface area contributed by atoms with Crippen LogP contribution in [0.15, 0.2) is 0 Å². The quantitative estimate of drug-likeness (QED) is 0.716. The third-order valence-electron chi connectivity index (χ3n) is 4.42. The highest BCUT2D eigenvalue weighted by Gasteiger charge is 2.28. The molecular weight excluding hydrogens is 270 g/mol. The molecule has 0 aromatic heterocycles. The zero-order chi connectivity index (χ0) is 15.8. The topological polar surface area (TPSA) is 72.9 Å². The Hall–Kier alpha value is -1.30. The molecule has 2 N–H and O–H groups in total. The molecule has 1 atom stereocenters. The fourth-order valence-electron chi connectivity index (χ4n) is 2.70. The van der Waals surface area contributed by atoms with Crippen LogP contribution in [0.1, 0.15) is 46.0 Å². The molecule has 0 bridgehead atoms. The fraction of sp³-hybridized carbons (Fsp3) is 0.867. The molecule has 1 aliphatic carbocycles. The first-order valence-corrected chi connectivity index (χ1v) is 7.92. The van der Waals surface area contributed by atoms with Crippen molar-refractivity contribution in [3.8, 4) is 0 Å². The van der Waals surface area contributed by atoms with Gasteiger partial charge in [-0.3, -0.25) is 4.79 Å². The number of amides is 2. The SMILES string of the molecule is CCC(C)N(C)CCNC(=O)N(CC(=O)O)C1CCCC1. The molecule has 1 rings (SSSR count). The lowest BCUT2D eigenvalue weighted by Gasteiger charge is -2.28. The molecule has 122 valence electrons. The van der Waals surface area contributed by atoms with Crippen LogP contribution in [0.3, 0.4) is 0 Å². The summed E-state index contributed by atoms with van der Waals surface area (Å²) in [7, 11) is 2.03. The maximum atomic E-state index is 12.2. The van der Waals surface area contributed by atoms with Crippen LogP contribution >= 0.6 is 0 Å². The highest BCUT2D eigenvalue weighted by molar-refractivity contribution is 5.80. The van der Waals surface area contributed by atoms with E-state index in [4.69, 9.17) is 5.11 Å². The molecule has 0 radical (unpaired) electrons. The van der Waals surface area contributed by atoms with Crippen LogP contribution in [0.4, 0.5) is 4.79 Å². The molecular formula is C15H29N3O3. The van der Waals surface area contributed by atoms with Gasteiger partial charge in [-0.15, -0.1) is 0 Å². The Morgan fingerprint density at radius 2 is 1.95 bits per heavy atom. The van der Waals surface area contributed by atoms with Crippen molar-refractivity contribution in [1.82, 2.24) is 15.1 Å². The maximum absolute atomic E-state index is 12.2. The minimum absolute atomic E-state index is 0.0772. The first-order valence-electron chi connectivity index (χ1n) is 7.92. The van der Waals surface area contributed by atoms with Gasteiger partial charge in [-0.05, 0) is 33.2 Å². The zero-order valence-electron chi connectivity index (χ0n) is 13.5. The second-order valence-electron chi connectivity index (χ2n) is 5.93. The lowest BCUT2D eigenvalue weighted by molar-refractivity contribution is -0.138. The van der Waals surface area contributed by atoms with Gasteiger partial charge in [-0.25, -0.2) is 4.79 Å². The lowest BCUT2D eigenvalue weighted by Crippen LogP contribution is -2.49. The molecule has 21 heavy (non-hydrogen) atoms. The van der Waals surface area contributed by atoms with E-state index in [1.54, 1.807) is 0 Å². The number of hydrogen-bond acceptors (Lipinski definition) is 3. The van der Waals surface area contributed by atoms with Crippen molar-refractivity contribution < 1.29 is 14.7 Å². The van der Waals surface area contributed by atoms with Crippen LogP contribution in [-0.4, -0.2) is 65.7 Å². The standard InChI is InChI=1S/C15H29N3O3/c1-4-12(2)17(3)10-9-16-15(21)18(11-14(19)20)13-7-5-6-8-13/h12-13H,4-11H2,1-3H3,(H,16,21)(H,19,20). The second-order valence-corrected chi connectivity index (χ2v) is 5.93. The Kier molecular flexibility index (Phi) is 7.50. The number of carbonyl (C=O) groups excluding carboxylic acids is 1. The van der Waals surface area contributed by atoms with E-state index in [-0.39, 0.29) is 18.6 Å². The molecule has 0 heterocycles. The number of urea groups is 1. The van der Waals surface area contributed by atoms with E-state index in [0.717, 1.165) is 38.6 Å². The summed E-state index contributed by atoms with van der Waals surface area (Å²) in [5.41, 5.74) is 0. The molecule has 1 fully saturated rings. The summed E-state index contributed by atoms with van der Waals surface area (Å²) in [6, 6.07) is 0.308. The summed E-state index contributed by atoms with van der Waals surface area (Å²) in [4.78, 5) is 26.8. The van der Waals surface area contributed by atoms with Crippen LogP contribution in [0, 0.1) is 0 Å². The van der Waals surface area contributed by atoms with Gasteiger partial charge < -0.3 is 20.2 Å². The summed E-state index contributed by atoms with van der Waals surface area (Å²) >= 11 is 0. The Balaban J connectivity index is 2.43. The van der Waals surface area contributed by atoms with Gasteiger partial charge in [0.1, 0.15) is 6.54 Å². The number of aliphatic carboxylic acids is 1. The number of hydrogen-bond donors (Lipinski definition) is 2. The number of carboxylic acid groups (broad SMARTS) is 1. The zero-order valence-corrected chi connectivity index (χ0v) is 13.5. The number of rotatable bonds is 8. The Labute approximate surface area is 127 Å². The number of carbonyl (C=O) groups is 2. The lowest BCUT2D eigenvalue weighted by atomic mass is 10.2. The monoisotopic (exact) mass is 299 g/mol. The molecule has 0 aliphatic heterocycles. The molecule has 1 saturated carbocycles. The number of nitrogens with one attached hydrogen (secondary N) is 1. The third kappa shape index (κ3) is 5.91. The summed E-state index contributed by atoms with van der Waals surface area (Å²) in [5.74, 6) is -0.950. The smallest absolute Gasteiger partial charge is 0.323 e. The van der Waals surface area contributed by atoms with Crippen LogP contribution < -0.4 is 5.32 Å². The van der Waals surface area contributed by atoms with Crippen molar-refractivity contribution in [1.29, 1.82) is 0 Å². The highest BCUT2D eigenvalue weighted by atomic mass is 16.4. The molecule has 1 aliphatic rings. The molecule has 6 nitrogen and oxygen atoms in total. The molecule has 6 heteroatoms. The third-order valence-corrected chi connectivity index (χ3v) is 4.42. The van der Waals surface area contributed by atoms with Crippen molar-refractivity contribution in [2.75, 3.05) is 26.7 Å². The van der Waals surface area contributed by atoms with Crippen molar-refractivity contribution in [2.24, 2.45) is 0 Å². The second kappa shape index (κ2) is 8.87. The first kappa shape index (κ1) is 17.8. The van der Waals surface area contributed by atoms with E-state index in [1.807, 2.05) is 7.05 Å². The predicted molar refractivity (Wildman–Crippen MR) is 82.4 cm³/mol. The molecule has 2 amide bonds. The number of nitrogens with zero attached hydrogens (tertiary/aromatic N) is 2. The summed E-state index contributed by atoms with van der Waals surface area (Å²) in [6.07, 6.45) is 5.04. The maximum Gasteiger partial charge on any atom is 0.323 e. The first-order chi connectivity index (χ1) is 9.95. The van der Waals surface area contributed by atoms with Crippen molar-refractivity contribution in [3.05, 3.63) is 0 Å². The Bertz CT molecular complexity index is 343. The minimum atomic E-state index is -0.950. The summed E-state index contributed by atoms with van der Waals surface area (Å²) in [5, 5.41) is 11.8. The van der Waals surface area contributed by atoms with Gasteiger partial charge >= 0.3 is 12.0 Å². The van der Waals surface area contributed by atoms with Crippen molar-refractivity contribution in [3.63, 3.8) is 0 Å². The van der Waals surface area contributed by atoms with E-state index in [2.05, 4.69) is 24.1 Å². The van der Waals surface area contributed by atoms with Crippen LogP contribution in [0.2, 0.25) is 0 Å². The van der Waals surface area contributed by atoms with Gasteiger partial charge in [-0.1, -0.05) is 19.8 Å². The molecule has 1 unspecified atom stereocenters. The fourth-order valence-corrected chi connectivity index (χ4v) is 2.70. The minimum Gasteiger partial charge on any atom is -0.480 e. The van der Waals surface area contributed by atoms with Crippen molar-refractivity contribution >= 4 is 12.0 Å². The average Bonchev–Trinajstić information content (AvgIpc) is 2.97. The van der Waals surface area contributed by atoms with E-state index in [0.29, 0.717) is 12.6 Å².